The fraction of sp³-hybridized carbons (Fsp3) is 0.118. The zero-order valence-corrected chi connectivity index (χ0v) is 11.4. The molecule has 2 aromatic carbocycles. The van der Waals surface area contributed by atoms with E-state index in [2.05, 4.69) is 0 Å². The first-order chi connectivity index (χ1) is 10.1. The lowest BCUT2D eigenvalue weighted by molar-refractivity contribution is 0.0994. The van der Waals surface area contributed by atoms with E-state index < -0.39 is 11.6 Å². The summed E-state index contributed by atoms with van der Waals surface area (Å²) in [4.78, 5) is 12.4. The van der Waals surface area contributed by atoms with Crippen LogP contribution in [0.2, 0.25) is 0 Å². The third-order valence-electron chi connectivity index (χ3n) is 3.55. The Balaban J connectivity index is 1.95. The summed E-state index contributed by atoms with van der Waals surface area (Å²) in [5.74, 6) is -1.95. The summed E-state index contributed by atoms with van der Waals surface area (Å²) in [5, 5.41) is 0.868. The molecule has 0 aliphatic rings. The van der Waals surface area contributed by atoms with Crippen LogP contribution in [0.15, 0.2) is 48.7 Å². The third kappa shape index (κ3) is 2.44. The van der Waals surface area contributed by atoms with Crippen LogP contribution in [-0.4, -0.2) is 10.4 Å². The van der Waals surface area contributed by atoms with Crippen molar-refractivity contribution in [3.05, 3.63) is 71.4 Å². The molecule has 3 rings (SSSR count). The van der Waals surface area contributed by atoms with Gasteiger partial charge in [0.05, 0.1) is 0 Å². The maximum absolute atomic E-state index is 13.2. The van der Waals surface area contributed by atoms with Gasteiger partial charge < -0.3 is 4.57 Å². The van der Waals surface area contributed by atoms with Crippen molar-refractivity contribution < 1.29 is 13.6 Å². The minimum absolute atomic E-state index is 0.0468. The summed E-state index contributed by atoms with van der Waals surface area (Å²) in [6, 6.07) is 11.1. The number of nitrogens with zero attached hydrogens (tertiary/aromatic N) is 1. The van der Waals surface area contributed by atoms with E-state index in [1.165, 1.54) is 6.07 Å². The van der Waals surface area contributed by atoms with Crippen molar-refractivity contribution in [1.82, 2.24) is 4.57 Å². The first-order valence-corrected chi connectivity index (χ1v) is 6.57. The second kappa shape index (κ2) is 5.13. The number of hydrogen-bond donors (Lipinski definition) is 0. The Bertz CT molecular complexity index is 836. The number of rotatable bonds is 3. The lowest BCUT2D eigenvalue weighted by Crippen LogP contribution is -2.03. The average Bonchev–Trinajstić information content (AvgIpc) is 2.81. The number of fused-ring (bicyclic) bond motifs is 1. The maximum atomic E-state index is 13.2. The molecule has 1 aromatic heterocycles. The van der Waals surface area contributed by atoms with Crippen LogP contribution in [0.25, 0.3) is 10.9 Å². The van der Waals surface area contributed by atoms with Crippen LogP contribution < -0.4 is 0 Å². The van der Waals surface area contributed by atoms with Crippen LogP contribution in [0.1, 0.15) is 15.9 Å². The summed E-state index contributed by atoms with van der Waals surface area (Å²) >= 11 is 0. The SMILES string of the molecule is Cn1cc(C(=O)Cc2ccc(F)c(F)c2)c2ccccc21. The van der Waals surface area contributed by atoms with E-state index in [9.17, 15) is 13.6 Å². The highest BCUT2D eigenvalue weighted by Crippen LogP contribution is 2.22. The molecule has 4 heteroatoms. The molecule has 0 fully saturated rings. The molecule has 2 nitrogen and oxygen atoms in total. The number of hydrogen-bond acceptors (Lipinski definition) is 1. The highest BCUT2D eigenvalue weighted by molar-refractivity contribution is 6.08. The van der Waals surface area contributed by atoms with E-state index in [4.69, 9.17) is 0 Å². The second-order valence-electron chi connectivity index (χ2n) is 5.02. The minimum atomic E-state index is -0.932. The predicted molar refractivity (Wildman–Crippen MR) is 77.3 cm³/mol. The van der Waals surface area contributed by atoms with Crippen molar-refractivity contribution >= 4 is 16.7 Å². The lowest BCUT2D eigenvalue weighted by Gasteiger charge is -2.01. The number of para-hydroxylation sites is 1. The molecule has 0 saturated carbocycles. The van der Waals surface area contributed by atoms with Gasteiger partial charge in [0.1, 0.15) is 0 Å². The molecule has 21 heavy (non-hydrogen) atoms. The quantitative estimate of drug-likeness (QED) is 0.669. The van der Waals surface area contributed by atoms with Gasteiger partial charge in [-0.3, -0.25) is 4.79 Å². The first kappa shape index (κ1) is 13.5. The second-order valence-corrected chi connectivity index (χ2v) is 5.02. The Kier molecular flexibility index (Phi) is 3.29. The molecule has 0 radical (unpaired) electrons. The minimum Gasteiger partial charge on any atom is -0.350 e. The molecular formula is C17H13F2NO. The van der Waals surface area contributed by atoms with Crippen LogP contribution in [0, 0.1) is 11.6 Å². The van der Waals surface area contributed by atoms with Crippen LogP contribution >= 0.6 is 0 Å². The molecular weight excluding hydrogens is 272 g/mol. The van der Waals surface area contributed by atoms with E-state index >= 15 is 0 Å². The van der Waals surface area contributed by atoms with Gasteiger partial charge in [-0.25, -0.2) is 8.78 Å². The lowest BCUT2D eigenvalue weighted by atomic mass is 10.0. The Hall–Kier alpha value is -2.49. The summed E-state index contributed by atoms with van der Waals surface area (Å²) < 4.78 is 28.0. The van der Waals surface area contributed by atoms with Crippen molar-refractivity contribution in [3.8, 4) is 0 Å². The topological polar surface area (TPSA) is 22.0 Å². The van der Waals surface area contributed by atoms with Gasteiger partial charge in [-0.1, -0.05) is 24.3 Å². The van der Waals surface area contributed by atoms with Gasteiger partial charge in [0.15, 0.2) is 17.4 Å². The molecule has 0 aliphatic heterocycles. The van der Waals surface area contributed by atoms with Gasteiger partial charge in [0.25, 0.3) is 0 Å². The Morgan fingerprint density at radius 3 is 2.62 bits per heavy atom. The number of carbonyl (C=O) groups is 1. The first-order valence-electron chi connectivity index (χ1n) is 6.57. The molecule has 3 aromatic rings. The van der Waals surface area contributed by atoms with E-state index in [1.54, 1.807) is 6.20 Å². The van der Waals surface area contributed by atoms with E-state index in [1.807, 2.05) is 35.9 Å². The number of ketones is 1. The van der Waals surface area contributed by atoms with Crippen LogP contribution in [-0.2, 0) is 13.5 Å². The van der Waals surface area contributed by atoms with Crippen molar-refractivity contribution in [3.63, 3.8) is 0 Å². The molecule has 0 aliphatic carbocycles. The van der Waals surface area contributed by atoms with Crippen molar-refractivity contribution in [2.24, 2.45) is 7.05 Å². The molecule has 0 spiro atoms. The highest BCUT2D eigenvalue weighted by atomic mass is 19.2. The van der Waals surface area contributed by atoms with Crippen molar-refractivity contribution in [2.45, 2.75) is 6.42 Å². The summed E-state index contributed by atoms with van der Waals surface area (Å²) in [5.41, 5.74) is 2.02. The molecule has 0 unspecified atom stereocenters. The molecule has 0 amide bonds. The van der Waals surface area contributed by atoms with E-state index in [0.29, 0.717) is 11.1 Å². The monoisotopic (exact) mass is 285 g/mol. The van der Waals surface area contributed by atoms with Gasteiger partial charge in [0.2, 0.25) is 0 Å². The van der Waals surface area contributed by atoms with Crippen LogP contribution in [0.5, 0.6) is 0 Å². The van der Waals surface area contributed by atoms with E-state index in [-0.39, 0.29) is 12.2 Å². The molecule has 1 heterocycles. The van der Waals surface area contributed by atoms with E-state index in [0.717, 1.165) is 23.0 Å². The number of aromatic nitrogens is 1. The van der Waals surface area contributed by atoms with Crippen molar-refractivity contribution in [2.75, 3.05) is 0 Å². The van der Waals surface area contributed by atoms with Crippen LogP contribution in [0.4, 0.5) is 8.78 Å². The molecule has 0 bridgehead atoms. The Labute approximate surface area is 120 Å². The highest BCUT2D eigenvalue weighted by Gasteiger charge is 2.14. The number of benzene rings is 2. The third-order valence-corrected chi connectivity index (χ3v) is 3.55. The zero-order chi connectivity index (χ0) is 15.0. The Morgan fingerprint density at radius 1 is 1.10 bits per heavy atom. The normalized spacial score (nSPS) is 11.0. The summed E-state index contributed by atoms with van der Waals surface area (Å²) in [6.07, 6.45) is 1.82. The van der Waals surface area contributed by atoms with Gasteiger partial charge in [-0.15, -0.1) is 0 Å². The molecule has 0 N–H and O–H groups in total. The fourth-order valence-electron chi connectivity index (χ4n) is 2.49. The van der Waals surface area contributed by atoms with Gasteiger partial charge in [0, 0.05) is 36.1 Å². The standard InChI is InChI=1S/C17H13F2NO/c1-20-10-13(12-4-2-3-5-16(12)20)17(21)9-11-6-7-14(18)15(19)8-11/h2-8,10H,9H2,1H3. The average molecular weight is 285 g/mol. The smallest absolute Gasteiger partial charge is 0.169 e. The molecule has 106 valence electrons. The zero-order valence-electron chi connectivity index (χ0n) is 11.4. The maximum Gasteiger partial charge on any atom is 0.169 e. The predicted octanol–water partition coefficient (Wildman–Crippen LogP) is 3.88. The largest absolute Gasteiger partial charge is 0.350 e. The molecule has 0 atom stereocenters. The van der Waals surface area contributed by atoms with Crippen LogP contribution in [0.3, 0.4) is 0 Å². The van der Waals surface area contributed by atoms with Crippen molar-refractivity contribution in [1.29, 1.82) is 0 Å². The summed E-state index contributed by atoms with van der Waals surface area (Å²) in [7, 11) is 1.87. The summed E-state index contributed by atoms with van der Waals surface area (Å²) in [6.45, 7) is 0. The number of Topliss-reactive ketones (excluding diaryl/α,β-unsaturated/α-hetero) is 1. The number of halogens is 2. The van der Waals surface area contributed by atoms with Gasteiger partial charge in [-0.2, -0.15) is 0 Å². The molecule has 0 saturated heterocycles. The fourth-order valence-corrected chi connectivity index (χ4v) is 2.49. The number of carbonyl (C=O) groups excluding carboxylic acids is 1. The number of aryl methyl sites for hydroxylation is 1. The van der Waals surface area contributed by atoms with Gasteiger partial charge in [-0.05, 0) is 23.8 Å². The van der Waals surface area contributed by atoms with Gasteiger partial charge >= 0.3 is 0 Å². The Morgan fingerprint density at radius 2 is 1.86 bits per heavy atom.